The van der Waals surface area contributed by atoms with Crippen LogP contribution in [0.4, 0.5) is 0 Å². The maximum atomic E-state index is 8.02. The van der Waals surface area contributed by atoms with Crippen molar-refractivity contribution in [3.8, 4) is 0 Å². The minimum Gasteiger partial charge on any atom is -0.398 e. The average Bonchev–Trinajstić information content (AvgIpc) is 2.40. The van der Waals surface area contributed by atoms with Gasteiger partial charge in [-0.25, -0.2) is 0 Å². The molecule has 0 bridgehead atoms. The zero-order chi connectivity index (χ0) is 12.1. The third kappa shape index (κ3) is 3.06. The van der Waals surface area contributed by atoms with Crippen LogP contribution in [0.15, 0.2) is 59.4 Å². The van der Waals surface area contributed by atoms with Crippen molar-refractivity contribution in [1.82, 2.24) is 0 Å². The van der Waals surface area contributed by atoms with Crippen LogP contribution in [-0.2, 0) is 0 Å². The molecule has 0 aromatic heterocycles. The van der Waals surface area contributed by atoms with Gasteiger partial charge >= 0.3 is 0 Å². The monoisotopic (exact) mass is 226 g/mol. The molecule has 88 valence electrons. The number of allylic oxidation sites excluding steroid dienone is 8. The van der Waals surface area contributed by atoms with Gasteiger partial charge in [0, 0.05) is 5.70 Å². The lowest BCUT2D eigenvalue weighted by Gasteiger charge is -2.10. The molecule has 2 aliphatic carbocycles. The van der Waals surface area contributed by atoms with Crippen LogP contribution in [0.5, 0.6) is 0 Å². The summed E-state index contributed by atoms with van der Waals surface area (Å²) in [4.78, 5) is 0. The molecule has 0 radical (unpaired) electrons. The maximum absolute atomic E-state index is 8.02. The SMILES string of the molecule is N=C(/C=C(\N)C1=CCCC=C1)C1=CC=CCC1. The standard InChI is InChI=1S/C15H18N2/c16-14(12-7-3-1-4-8-12)11-15(17)13-9-5-2-6-10-13/h1,3,5,7,9-11,16H,2,4,6,8,17H2/b15-11-,16-14?. The highest BCUT2D eigenvalue weighted by Crippen LogP contribution is 2.17. The molecule has 0 fully saturated rings. The van der Waals surface area contributed by atoms with E-state index in [1.807, 2.05) is 18.2 Å². The topological polar surface area (TPSA) is 49.9 Å². The summed E-state index contributed by atoms with van der Waals surface area (Å²) < 4.78 is 0. The van der Waals surface area contributed by atoms with E-state index in [9.17, 15) is 0 Å². The molecule has 0 spiro atoms. The number of hydrogen-bond acceptors (Lipinski definition) is 2. The van der Waals surface area contributed by atoms with Crippen molar-refractivity contribution in [1.29, 1.82) is 5.41 Å². The fourth-order valence-corrected chi connectivity index (χ4v) is 1.99. The normalized spacial score (nSPS) is 19.9. The fraction of sp³-hybridized carbons (Fsp3) is 0.267. The van der Waals surface area contributed by atoms with Crippen molar-refractivity contribution < 1.29 is 0 Å². The van der Waals surface area contributed by atoms with E-state index < -0.39 is 0 Å². The van der Waals surface area contributed by atoms with Gasteiger partial charge in [0.15, 0.2) is 0 Å². The van der Waals surface area contributed by atoms with Crippen molar-refractivity contribution in [3.05, 3.63) is 59.4 Å². The molecule has 3 N–H and O–H groups in total. The Hall–Kier alpha value is -1.83. The molecule has 0 amide bonds. The molecule has 2 rings (SSSR count). The summed E-state index contributed by atoms with van der Waals surface area (Å²) in [6, 6.07) is 0. The van der Waals surface area contributed by atoms with Crippen molar-refractivity contribution in [2.75, 3.05) is 0 Å². The van der Waals surface area contributed by atoms with E-state index in [0.29, 0.717) is 11.4 Å². The van der Waals surface area contributed by atoms with Crippen molar-refractivity contribution in [2.24, 2.45) is 5.73 Å². The average molecular weight is 226 g/mol. The predicted molar refractivity (Wildman–Crippen MR) is 72.9 cm³/mol. The van der Waals surface area contributed by atoms with Gasteiger partial charge in [-0.1, -0.05) is 36.5 Å². The zero-order valence-electron chi connectivity index (χ0n) is 9.95. The Kier molecular flexibility index (Phi) is 3.76. The van der Waals surface area contributed by atoms with Gasteiger partial charge in [0.1, 0.15) is 0 Å². The van der Waals surface area contributed by atoms with E-state index in [-0.39, 0.29) is 0 Å². The lowest BCUT2D eigenvalue weighted by Crippen LogP contribution is -2.07. The minimum absolute atomic E-state index is 0.534. The van der Waals surface area contributed by atoms with Crippen LogP contribution >= 0.6 is 0 Å². The first-order valence-corrected chi connectivity index (χ1v) is 6.06. The molecule has 2 heteroatoms. The molecule has 0 saturated carbocycles. The quantitative estimate of drug-likeness (QED) is 0.712. The second-order valence-corrected chi connectivity index (χ2v) is 4.31. The molecule has 0 aromatic rings. The molecular weight excluding hydrogens is 208 g/mol. The fourth-order valence-electron chi connectivity index (χ4n) is 1.99. The van der Waals surface area contributed by atoms with Gasteiger partial charge in [0.05, 0.1) is 5.71 Å². The van der Waals surface area contributed by atoms with Crippen LogP contribution in [0.3, 0.4) is 0 Å². The first-order chi connectivity index (χ1) is 8.27. The molecule has 2 nitrogen and oxygen atoms in total. The maximum Gasteiger partial charge on any atom is 0.0592 e. The third-order valence-corrected chi connectivity index (χ3v) is 2.99. The highest BCUT2D eigenvalue weighted by atomic mass is 14.6. The summed E-state index contributed by atoms with van der Waals surface area (Å²) in [5.41, 5.74) is 9.36. The highest BCUT2D eigenvalue weighted by Gasteiger charge is 2.06. The lowest BCUT2D eigenvalue weighted by molar-refractivity contribution is 1.00. The van der Waals surface area contributed by atoms with Gasteiger partial charge in [-0.2, -0.15) is 0 Å². The third-order valence-electron chi connectivity index (χ3n) is 2.99. The molecule has 0 aromatic carbocycles. The Balaban J connectivity index is 2.10. The summed E-state index contributed by atoms with van der Waals surface area (Å²) in [6.07, 6.45) is 18.3. The van der Waals surface area contributed by atoms with Crippen LogP contribution in [-0.4, -0.2) is 5.71 Å². The van der Waals surface area contributed by atoms with E-state index in [0.717, 1.165) is 36.8 Å². The summed E-state index contributed by atoms with van der Waals surface area (Å²) in [6.45, 7) is 0. The van der Waals surface area contributed by atoms with Crippen LogP contribution in [0.1, 0.15) is 25.7 Å². The van der Waals surface area contributed by atoms with E-state index in [1.54, 1.807) is 6.08 Å². The summed E-state index contributed by atoms with van der Waals surface area (Å²) in [5.74, 6) is 0. The Morgan fingerprint density at radius 2 is 2.12 bits per heavy atom. The number of rotatable bonds is 3. The van der Waals surface area contributed by atoms with E-state index in [1.165, 1.54) is 0 Å². The first kappa shape index (κ1) is 11.6. The predicted octanol–water partition coefficient (Wildman–Crippen LogP) is 3.40. The van der Waals surface area contributed by atoms with E-state index in [4.69, 9.17) is 11.1 Å². The minimum atomic E-state index is 0.534. The van der Waals surface area contributed by atoms with Gasteiger partial charge < -0.3 is 11.1 Å². The van der Waals surface area contributed by atoms with Crippen molar-refractivity contribution in [2.45, 2.75) is 25.7 Å². The van der Waals surface area contributed by atoms with Gasteiger partial charge in [0.25, 0.3) is 0 Å². The van der Waals surface area contributed by atoms with Crippen LogP contribution < -0.4 is 5.73 Å². The van der Waals surface area contributed by atoms with Crippen LogP contribution in [0.25, 0.3) is 0 Å². The highest BCUT2D eigenvalue weighted by molar-refractivity contribution is 6.07. The molecule has 17 heavy (non-hydrogen) atoms. The summed E-state index contributed by atoms with van der Waals surface area (Å²) >= 11 is 0. The molecular formula is C15H18N2. The van der Waals surface area contributed by atoms with Crippen molar-refractivity contribution >= 4 is 5.71 Å². The number of nitrogens with one attached hydrogen (secondary N) is 1. The first-order valence-electron chi connectivity index (χ1n) is 6.06. The smallest absolute Gasteiger partial charge is 0.0592 e. The van der Waals surface area contributed by atoms with Gasteiger partial charge in [-0.05, 0) is 42.9 Å². The van der Waals surface area contributed by atoms with Crippen LogP contribution in [0.2, 0.25) is 0 Å². The molecule has 0 saturated heterocycles. The lowest BCUT2D eigenvalue weighted by atomic mass is 9.98. The molecule has 0 aliphatic heterocycles. The summed E-state index contributed by atoms with van der Waals surface area (Å²) in [7, 11) is 0. The van der Waals surface area contributed by atoms with Gasteiger partial charge in [0.2, 0.25) is 0 Å². The zero-order valence-corrected chi connectivity index (χ0v) is 9.95. The largest absolute Gasteiger partial charge is 0.398 e. The van der Waals surface area contributed by atoms with Gasteiger partial charge in [-0.3, -0.25) is 0 Å². The Bertz CT molecular complexity index is 459. The molecule has 0 unspecified atom stereocenters. The van der Waals surface area contributed by atoms with Crippen LogP contribution in [0, 0.1) is 5.41 Å². The Morgan fingerprint density at radius 1 is 1.24 bits per heavy atom. The number of nitrogens with two attached hydrogens (primary N) is 1. The Labute approximate surface area is 102 Å². The summed E-state index contributed by atoms with van der Waals surface area (Å²) in [5, 5.41) is 8.02. The molecule has 0 atom stereocenters. The Morgan fingerprint density at radius 3 is 2.76 bits per heavy atom. The van der Waals surface area contributed by atoms with E-state index >= 15 is 0 Å². The molecule has 2 aliphatic rings. The van der Waals surface area contributed by atoms with Gasteiger partial charge in [-0.15, -0.1) is 0 Å². The van der Waals surface area contributed by atoms with Crippen molar-refractivity contribution in [3.63, 3.8) is 0 Å². The molecule has 0 heterocycles. The number of hydrogen-bond donors (Lipinski definition) is 2. The van der Waals surface area contributed by atoms with E-state index in [2.05, 4.69) is 18.2 Å². The second kappa shape index (κ2) is 5.48. The second-order valence-electron chi connectivity index (χ2n) is 4.31.